The summed E-state index contributed by atoms with van der Waals surface area (Å²) >= 11 is 6.28. The van der Waals surface area contributed by atoms with Gasteiger partial charge in [0.25, 0.3) is 0 Å². The average molecular weight is 279 g/mol. The van der Waals surface area contributed by atoms with Crippen LogP contribution in [0.15, 0.2) is 24.7 Å². The monoisotopic (exact) mass is 278 g/mol. The highest BCUT2D eigenvalue weighted by atomic mass is 35.5. The number of nitrogens with zero attached hydrogens (tertiary/aromatic N) is 3. The Balaban J connectivity index is 2.45. The summed E-state index contributed by atoms with van der Waals surface area (Å²) in [5, 5.41) is 8.45. The second-order valence-corrected chi connectivity index (χ2v) is 5.03. The van der Waals surface area contributed by atoms with Crippen molar-refractivity contribution in [2.75, 3.05) is 6.54 Å². The van der Waals surface area contributed by atoms with Gasteiger partial charge in [0.15, 0.2) is 0 Å². The van der Waals surface area contributed by atoms with Gasteiger partial charge in [-0.15, -0.1) is 0 Å². The van der Waals surface area contributed by atoms with Crippen LogP contribution in [0.3, 0.4) is 0 Å². The van der Waals surface area contributed by atoms with E-state index in [0.29, 0.717) is 5.02 Å². The maximum Gasteiger partial charge on any atom is 0.0837 e. The molecule has 2 rings (SSSR count). The van der Waals surface area contributed by atoms with Crippen molar-refractivity contribution in [2.45, 2.75) is 26.3 Å². The third-order valence-corrected chi connectivity index (χ3v) is 3.48. The van der Waals surface area contributed by atoms with Crippen LogP contribution in [-0.2, 0) is 7.05 Å². The van der Waals surface area contributed by atoms with Gasteiger partial charge in [-0.25, -0.2) is 0 Å². The Bertz CT molecular complexity index is 531. The molecule has 2 heterocycles. The van der Waals surface area contributed by atoms with Gasteiger partial charge in [-0.2, -0.15) is 5.10 Å². The summed E-state index contributed by atoms with van der Waals surface area (Å²) < 4.78 is 1.83. The van der Waals surface area contributed by atoms with Crippen LogP contribution in [0, 0.1) is 6.92 Å². The number of pyridine rings is 1. The van der Waals surface area contributed by atoms with Gasteiger partial charge in [0.05, 0.1) is 23.0 Å². The molecule has 5 heteroatoms. The highest BCUT2D eigenvalue weighted by molar-refractivity contribution is 6.31. The lowest BCUT2D eigenvalue weighted by atomic mass is 10.0. The second-order valence-electron chi connectivity index (χ2n) is 4.62. The van der Waals surface area contributed by atoms with Crippen molar-refractivity contribution >= 4 is 11.6 Å². The molecule has 0 aliphatic heterocycles. The lowest BCUT2D eigenvalue weighted by Crippen LogP contribution is -2.26. The molecular formula is C14H19ClN4. The summed E-state index contributed by atoms with van der Waals surface area (Å²) in [5.41, 5.74) is 3.33. The maximum atomic E-state index is 6.28. The standard InChI is InChI=1S/C14H19ClN4/c1-4-6-17-13(11-5-7-16-8-10(11)2)14-12(15)9-18-19(14)3/h5,7-9,13,17H,4,6H2,1-3H3. The van der Waals surface area contributed by atoms with Gasteiger partial charge < -0.3 is 5.32 Å². The molecule has 2 aromatic heterocycles. The Morgan fingerprint density at radius 1 is 1.42 bits per heavy atom. The Labute approximate surface area is 118 Å². The van der Waals surface area contributed by atoms with Crippen molar-refractivity contribution in [3.63, 3.8) is 0 Å². The summed E-state index contributed by atoms with van der Waals surface area (Å²) in [6, 6.07) is 2.08. The molecule has 1 N–H and O–H groups in total. The Kier molecular flexibility index (Phi) is 4.56. The molecule has 0 bridgehead atoms. The van der Waals surface area contributed by atoms with Gasteiger partial charge in [-0.3, -0.25) is 9.67 Å². The summed E-state index contributed by atoms with van der Waals surface area (Å²) in [5.74, 6) is 0. The molecule has 0 amide bonds. The number of aryl methyl sites for hydroxylation is 2. The van der Waals surface area contributed by atoms with Crippen LogP contribution in [-0.4, -0.2) is 21.3 Å². The summed E-state index contributed by atoms with van der Waals surface area (Å²) in [4.78, 5) is 4.15. The minimum atomic E-state index is 0.0444. The van der Waals surface area contributed by atoms with E-state index in [1.165, 1.54) is 5.56 Å². The van der Waals surface area contributed by atoms with Gasteiger partial charge in [-0.05, 0) is 37.1 Å². The zero-order valence-corrected chi connectivity index (χ0v) is 12.3. The van der Waals surface area contributed by atoms with Crippen LogP contribution >= 0.6 is 11.6 Å². The van der Waals surface area contributed by atoms with E-state index in [9.17, 15) is 0 Å². The fourth-order valence-electron chi connectivity index (χ4n) is 2.20. The maximum absolute atomic E-state index is 6.28. The number of hydrogen-bond acceptors (Lipinski definition) is 3. The van der Waals surface area contributed by atoms with E-state index in [1.807, 2.05) is 30.2 Å². The molecule has 0 aliphatic rings. The van der Waals surface area contributed by atoms with Crippen LogP contribution in [0.2, 0.25) is 5.02 Å². The molecule has 4 nitrogen and oxygen atoms in total. The molecule has 1 unspecified atom stereocenters. The van der Waals surface area contributed by atoms with Crippen LogP contribution < -0.4 is 5.32 Å². The summed E-state index contributed by atoms with van der Waals surface area (Å²) in [6.07, 6.45) is 6.44. The normalized spacial score (nSPS) is 12.6. The number of rotatable bonds is 5. The molecule has 0 spiro atoms. The highest BCUT2D eigenvalue weighted by Gasteiger charge is 2.21. The number of halogens is 1. The fourth-order valence-corrected chi connectivity index (χ4v) is 2.47. The van der Waals surface area contributed by atoms with Crippen LogP contribution in [0.4, 0.5) is 0 Å². The van der Waals surface area contributed by atoms with E-state index in [4.69, 9.17) is 11.6 Å². The lowest BCUT2D eigenvalue weighted by Gasteiger charge is -2.21. The fraction of sp³-hybridized carbons (Fsp3) is 0.429. The van der Waals surface area contributed by atoms with Crippen molar-refractivity contribution in [1.29, 1.82) is 0 Å². The molecule has 1 atom stereocenters. The third-order valence-electron chi connectivity index (χ3n) is 3.18. The predicted molar refractivity (Wildman–Crippen MR) is 77.3 cm³/mol. The molecule has 0 radical (unpaired) electrons. The van der Waals surface area contributed by atoms with Crippen molar-refractivity contribution in [1.82, 2.24) is 20.1 Å². The number of hydrogen-bond donors (Lipinski definition) is 1. The van der Waals surface area contributed by atoms with Gasteiger partial charge >= 0.3 is 0 Å². The first-order valence-corrected chi connectivity index (χ1v) is 6.84. The van der Waals surface area contributed by atoms with Gasteiger partial charge in [0.2, 0.25) is 0 Å². The van der Waals surface area contributed by atoms with Gasteiger partial charge in [-0.1, -0.05) is 18.5 Å². The van der Waals surface area contributed by atoms with E-state index in [-0.39, 0.29) is 6.04 Å². The van der Waals surface area contributed by atoms with Crippen LogP contribution in [0.1, 0.15) is 36.2 Å². The van der Waals surface area contributed by atoms with E-state index >= 15 is 0 Å². The molecule has 19 heavy (non-hydrogen) atoms. The molecule has 0 fully saturated rings. The molecule has 0 aliphatic carbocycles. The molecule has 102 valence electrons. The largest absolute Gasteiger partial charge is 0.305 e. The highest BCUT2D eigenvalue weighted by Crippen LogP contribution is 2.29. The minimum Gasteiger partial charge on any atom is -0.305 e. The molecule has 0 saturated carbocycles. The Morgan fingerprint density at radius 2 is 2.21 bits per heavy atom. The van der Waals surface area contributed by atoms with Gasteiger partial charge in [0.1, 0.15) is 0 Å². The third kappa shape index (κ3) is 2.96. The van der Waals surface area contributed by atoms with Crippen LogP contribution in [0.5, 0.6) is 0 Å². The molecular weight excluding hydrogens is 260 g/mol. The topological polar surface area (TPSA) is 42.7 Å². The second kappa shape index (κ2) is 6.17. The molecule has 2 aromatic rings. The van der Waals surface area contributed by atoms with Crippen molar-refractivity contribution in [3.8, 4) is 0 Å². The predicted octanol–water partition coefficient (Wildman–Crippen LogP) is 2.87. The first-order chi connectivity index (χ1) is 9.15. The van der Waals surface area contributed by atoms with E-state index in [2.05, 4.69) is 29.2 Å². The number of nitrogens with one attached hydrogen (secondary N) is 1. The van der Waals surface area contributed by atoms with E-state index < -0.39 is 0 Å². The van der Waals surface area contributed by atoms with Crippen molar-refractivity contribution in [2.24, 2.45) is 7.05 Å². The zero-order chi connectivity index (χ0) is 13.8. The van der Waals surface area contributed by atoms with E-state index in [1.54, 1.807) is 6.20 Å². The molecule has 0 aromatic carbocycles. The minimum absolute atomic E-state index is 0.0444. The first kappa shape index (κ1) is 14.0. The van der Waals surface area contributed by atoms with Crippen molar-refractivity contribution < 1.29 is 0 Å². The Morgan fingerprint density at radius 3 is 2.79 bits per heavy atom. The number of aromatic nitrogens is 3. The first-order valence-electron chi connectivity index (χ1n) is 6.46. The smallest absolute Gasteiger partial charge is 0.0837 e. The van der Waals surface area contributed by atoms with Crippen molar-refractivity contribution in [3.05, 3.63) is 46.5 Å². The Hall–Kier alpha value is -1.39. The molecule has 0 saturated heterocycles. The average Bonchev–Trinajstić information content (AvgIpc) is 2.73. The van der Waals surface area contributed by atoms with E-state index in [0.717, 1.165) is 24.2 Å². The summed E-state index contributed by atoms with van der Waals surface area (Å²) in [6.45, 7) is 5.13. The summed E-state index contributed by atoms with van der Waals surface area (Å²) in [7, 11) is 1.92. The zero-order valence-electron chi connectivity index (χ0n) is 11.5. The SMILES string of the molecule is CCCNC(c1ccncc1C)c1c(Cl)cnn1C. The quantitative estimate of drug-likeness (QED) is 0.914. The van der Waals surface area contributed by atoms with Gasteiger partial charge in [0, 0.05) is 19.4 Å². The van der Waals surface area contributed by atoms with Crippen LogP contribution in [0.25, 0.3) is 0 Å². The lowest BCUT2D eigenvalue weighted by molar-refractivity contribution is 0.551.